The second-order valence-corrected chi connectivity index (χ2v) is 3.52. The van der Waals surface area contributed by atoms with Crippen LogP contribution in [-0.2, 0) is 16.9 Å². The Kier molecular flexibility index (Phi) is 3.55. The summed E-state index contributed by atoms with van der Waals surface area (Å²) in [6.07, 6.45) is 1.71. The second-order valence-electron chi connectivity index (χ2n) is 3.52. The van der Waals surface area contributed by atoms with Gasteiger partial charge in [-0.05, 0) is 26.8 Å². The van der Waals surface area contributed by atoms with Gasteiger partial charge in [0.05, 0.1) is 5.69 Å². The Balaban J connectivity index is 2.93. The molecule has 0 bridgehead atoms. The van der Waals surface area contributed by atoms with Gasteiger partial charge in [-0.25, -0.2) is 9.97 Å². The molecule has 14 heavy (non-hydrogen) atoms. The molecule has 0 radical (unpaired) electrons. The Morgan fingerprint density at radius 3 is 2.79 bits per heavy atom. The van der Waals surface area contributed by atoms with Crippen LogP contribution >= 0.6 is 0 Å². The van der Waals surface area contributed by atoms with Crippen molar-refractivity contribution in [1.82, 2.24) is 9.97 Å². The average Bonchev–Trinajstić information content (AvgIpc) is 2.18. The van der Waals surface area contributed by atoms with E-state index in [0.717, 1.165) is 5.69 Å². The van der Waals surface area contributed by atoms with Crippen molar-refractivity contribution in [1.29, 1.82) is 0 Å². The molecule has 0 fully saturated rings. The summed E-state index contributed by atoms with van der Waals surface area (Å²) in [6, 6.07) is 1.81. The molecule has 0 amide bonds. The van der Waals surface area contributed by atoms with Gasteiger partial charge in [0.1, 0.15) is 5.60 Å². The number of ether oxygens (including phenoxy) is 1. The van der Waals surface area contributed by atoms with Crippen LogP contribution in [-0.4, -0.2) is 16.6 Å². The van der Waals surface area contributed by atoms with Gasteiger partial charge in [-0.2, -0.15) is 0 Å². The monoisotopic (exact) mass is 195 g/mol. The molecule has 1 rings (SSSR count). The van der Waals surface area contributed by atoms with Gasteiger partial charge >= 0.3 is 0 Å². The SMILES string of the molecule is CCOC(C)(C)c1nccc(CN)n1. The summed E-state index contributed by atoms with van der Waals surface area (Å²) in [7, 11) is 0. The minimum atomic E-state index is -0.445. The first-order valence-corrected chi connectivity index (χ1v) is 4.76. The normalized spacial score (nSPS) is 11.7. The minimum Gasteiger partial charge on any atom is -0.368 e. The van der Waals surface area contributed by atoms with Crippen LogP contribution < -0.4 is 5.73 Å². The fraction of sp³-hybridized carbons (Fsp3) is 0.600. The van der Waals surface area contributed by atoms with Gasteiger partial charge in [-0.15, -0.1) is 0 Å². The Hall–Kier alpha value is -1.00. The quantitative estimate of drug-likeness (QED) is 0.784. The van der Waals surface area contributed by atoms with E-state index >= 15 is 0 Å². The number of hydrogen-bond acceptors (Lipinski definition) is 4. The molecule has 0 aromatic carbocycles. The van der Waals surface area contributed by atoms with Gasteiger partial charge < -0.3 is 10.5 Å². The Labute approximate surface area is 84.5 Å². The molecule has 2 N–H and O–H groups in total. The number of hydrogen-bond donors (Lipinski definition) is 1. The molecular weight excluding hydrogens is 178 g/mol. The fourth-order valence-electron chi connectivity index (χ4n) is 1.23. The zero-order valence-corrected chi connectivity index (χ0v) is 8.95. The van der Waals surface area contributed by atoms with Gasteiger partial charge in [-0.1, -0.05) is 0 Å². The summed E-state index contributed by atoms with van der Waals surface area (Å²) in [5, 5.41) is 0. The van der Waals surface area contributed by atoms with Gasteiger partial charge in [-0.3, -0.25) is 0 Å². The highest BCUT2D eigenvalue weighted by Crippen LogP contribution is 2.20. The zero-order chi connectivity index (χ0) is 10.6. The Bertz CT molecular complexity index is 299. The lowest BCUT2D eigenvalue weighted by Crippen LogP contribution is -2.25. The number of nitrogens with two attached hydrogens (primary N) is 1. The summed E-state index contributed by atoms with van der Waals surface area (Å²) < 4.78 is 5.55. The summed E-state index contributed by atoms with van der Waals surface area (Å²) in [5.41, 5.74) is 5.90. The van der Waals surface area contributed by atoms with Crippen molar-refractivity contribution in [2.45, 2.75) is 32.9 Å². The first kappa shape index (κ1) is 11.1. The Morgan fingerprint density at radius 2 is 2.21 bits per heavy atom. The number of rotatable bonds is 4. The molecule has 1 heterocycles. The largest absolute Gasteiger partial charge is 0.368 e. The van der Waals surface area contributed by atoms with E-state index in [1.807, 2.05) is 26.8 Å². The smallest absolute Gasteiger partial charge is 0.159 e. The van der Waals surface area contributed by atoms with E-state index in [2.05, 4.69) is 9.97 Å². The lowest BCUT2D eigenvalue weighted by Gasteiger charge is -2.22. The fourth-order valence-corrected chi connectivity index (χ4v) is 1.23. The van der Waals surface area contributed by atoms with Crippen LogP contribution in [0.1, 0.15) is 32.3 Å². The van der Waals surface area contributed by atoms with Crippen LogP contribution in [0.15, 0.2) is 12.3 Å². The predicted octanol–water partition coefficient (Wildman–Crippen LogP) is 1.21. The molecule has 4 heteroatoms. The van der Waals surface area contributed by atoms with Crippen LogP contribution in [0, 0.1) is 0 Å². The van der Waals surface area contributed by atoms with Gasteiger partial charge in [0.15, 0.2) is 5.82 Å². The highest BCUT2D eigenvalue weighted by Gasteiger charge is 2.23. The molecule has 0 aliphatic carbocycles. The van der Waals surface area contributed by atoms with Crippen molar-refractivity contribution in [3.8, 4) is 0 Å². The van der Waals surface area contributed by atoms with Crippen LogP contribution in [0.25, 0.3) is 0 Å². The lowest BCUT2D eigenvalue weighted by atomic mass is 10.1. The molecule has 78 valence electrons. The maximum absolute atomic E-state index is 5.55. The Morgan fingerprint density at radius 1 is 1.50 bits per heavy atom. The third kappa shape index (κ3) is 2.49. The minimum absolute atomic E-state index is 0.428. The highest BCUT2D eigenvalue weighted by molar-refractivity contribution is 5.06. The molecular formula is C10H17N3O. The van der Waals surface area contributed by atoms with Gasteiger partial charge in [0.25, 0.3) is 0 Å². The van der Waals surface area contributed by atoms with E-state index in [-0.39, 0.29) is 0 Å². The van der Waals surface area contributed by atoms with Crippen LogP contribution in [0.2, 0.25) is 0 Å². The van der Waals surface area contributed by atoms with E-state index in [9.17, 15) is 0 Å². The molecule has 1 aromatic heterocycles. The maximum Gasteiger partial charge on any atom is 0.159 e. The van der Waals surface area contributed by atoms with E-state index in [0.29, 0.717) is 19.0 Å². The van der Waals surface area contributed by atoms with Crippen molar-refractivity contribution in [3.05, 3.63) is 23.8 Å². The molecule has 0 atom stereocenters. The lowest BCUT2D eigenvalue weighted by molar-refractivity contribution is -0.0209. The van der Waals surface area contributed by atoms with E-state index in [1.165, 1.54) is 0 Å². The summed E-state index contributed by atoms with van der Waals surface area (Å²) >= 11 is 0. The zero-order valence-electron chi connectivity index (χ0n) is 8.95. The average molecular weight is 195 g/mol. The summed E-state index contributed by atoms with van der Waals surface area (Å²) in [5.74, 6) is 0.683. The summed E-state index contributed by atoms with van der Waals surface area (Å²) in [4.78, 5) is 8.51. The first-order chi connectivity index (χ1) is 6.60. The molecule has 4 nitrogen and oxygen atoms in total. The van der Waals surface area contributed by atoms with Gasteiger partial charge in [0.2, 0.25) is 0 Å². The third-order valence-corrected chi connectivity index (χ3v) is 1.97. The number of nitrogens with zero attached hydrogens (tertiary/aromatic N) is 2. The molecule has 0 saturated heterocycles. The standard InChI is InChI=1S/C10H17N3O/c1-4-14-10(2,3)9-12-6-5-8(7-11)13-9/h5-6H,4,7,11H2,1-3H3. The van der Waals surface area contributed by atoms with E-state index < -0.39 is 5.60 Å². The molecule has 0 aliphatic rings. The van der Waals surface area contributed by atoms with Crippen molar-refractivity contribution in [2.75, 3.05) is 6.61 Å². The van der Waals surface area contributed by atoms with Crippen molar-refractivity contribution < 1.29 is 4.74 Å². The highest BCUT2D eigenvalue weighted by atomic mass is 16.5. The van der Waals surface area contributed by atoms with Crippen molar-refractivity contribution in [3.63, 3.8) is 0 Å². The molecule has 0 unspecified atom stereocenters. The van der Waals surface area contributed by atoms with Crippen molar-refractivity contribution in [2.24, 2.45) is 5.73 Å². The van der Waals surface area contributed by atoms with Crippen molar-refractivity contribution >= 4 is 0 Å². The molecule has 0 aliphatic heterocycles. The van der Waals surface area contributed by atoms with Gasteiger partial charge in [0, 0.05) is 19.3 Å². The summed E-state index contributed by atoms with van der Waals surface area (Å²) in [6.45, 7) is 6.92. The third-order valence-electron chi connectivity index (χ3n) is 1.97. The van der Waals surface area contributed by atoms with Crippen LogP contribution in [0.3, 0.4) is 0 Å². The topological polar surface area (TPSA) is 61.0 Å². The maximum atomic E-state index is 5.55. The number of aromatic nitrogens is 2. The van der Waals surface area contributed by atoms with E-state index in [1.54, 1.807) is 6.20 Å². The first-order valence-electron chi connectivity index (χ1n) is 4.76. The molecule has 1 aromatic rings. The second kappa shape index (κ2) is 4.48. The van der Waals surface area contributed by atoms with Crippen LogP contribution in [0.4, 0.5) is 0 Å². The van der Waals surface area contributed by atoms with E-state index in [4.69, 9.17) is 10.5 Å². The molecule has 0 saturated carbocycles. The molecule has 0 spiro atoms. The predicted molar refractivity (Wildman–Crippen MR) is 54.6 cm³/mol. The van der Waals surface area contributed by atoms with Crippen LogP contribution in [0.5, 0.6) is 0 Å².